The fourth-order valence-electron chi connectivity index (χ4n) is 1.71. The van der Waals surface area contributed by atoms with Crippen molar-refractivity contribution in [3.63, 3.8) is 0 Å². The van der Waals surface area contributed by atoms with Crippen molar-refractivity contribution in [2.45, 2.75) is 44.3 Å². The Morgan fingerprint density at radius 3 is 2.50 bits per heavy atom. The van der Waals surface area contributed by atoms with Crippen LogP contribution < -0.4 is 0 Å². The van der Waals surface area contributed by atoms with Crippen molar-refractivity contribution in [3.8, 4) is 0 Å². The zero-order valence-electron chi connectivity index (χ0n) is 7.97. The van der Waals surface area contributed by atoms with Gasteiger partial charge in [-0.05, 0) is 32.6 Å². The van der Waals surface area contributed by atoms with Gasteiger partial charge in [-0.1, -0.05) is 5.57 Å². The van der Waals surface area contributed by atoms with Crippen LogP contribution in [0.5, 0.6) is 0 Å². The average molecular weight is 170 g/mol. The third-order valence-corrected chi connectivity index (χ3v) is 2.76. The molecule has 0 bridgehead atoms. The molecule has 0 spiro atoms. The van der Waals surface area contributed by atoms with Crippen LogP contribution in [0.1, 0.15) is 32.6 Å². The molecule has 0 aliphatic heterocycles. The largest absolute Gasteiger partial charge is 0.390 e. The lowest BCUT2D eigenvalue weighted by Gasteiger charge is -2.44. The monoisotopic (exact) mass is 170 g/mol. The molecule has 0 aromatic rings. The summed E-state index contributed by atoms with van der Waals surface area (Å²) >= 11 is 0. The summed E-state index contributed by atoms with van der Waals surface area (Å²) in [5.41, 5.74) is 0.768. The fourth-order valence-corrected chi connectivity index (χ4v) is 1.71. The van der Waals surface area contributed by atoms with Gasteiger partial charge in [0.1, 0.15) is 0 Å². The van der Waals surface area contributed by atoms with E-state index in [-0.39, 0.29) is 11.7 Å². The number of hydrogen-bond donors (Lipinski definition) is 1. The molecular formula is C10H18O2. The lowest BCUT2D eigenvalue weighted by molar-refractivity contribution is -0.148. The van der Waals surface area contributed by atoms with E-state index >= 15 is 0 Å². The first-order valence-corrected chi connectivity index (χ1v) is 4.48. The van der Waals surface area contributed by atoms with Crippen LogP contribution in [-0.2, 0) is 4.74 Å². The zero-order chi connectivity index (χ0) is 9.19. The Bertz CT molecular complexity index is 165. The Morgan fingerprint density at radius 2 is 2.25 bits per heavy atom. The van der Waals surface area contributed by atoms with Crippen LogP contribution in [0.4, 0.5) is 0 Å². The summed E-state index contributed by atoms with van der Waals surface area (Å²) in [6.07, 6.45) is 3.43. The van der Waals surface area contributed by atoms with E-state index in [0.717, 1.165) is 18.4 Å². The highest BCUT2D eigenvalue weighted by Crippen LogP contribution is 2.39. The van der Waals surface area contributed by atoms with Gasteiger partial charge in [0, 0.05) is 7.11 Å². The van der Waals surface area contributed by atoms with Crippen LogP contribution in [0.3, 0.4) is 0 Å². The maximum absolute atomic E-state index is 9.80. The van der Waals surface area contributed by atoms with Crippen LogP contribution in [0.25, 0.3) is 0 Å². The third kappa shape index (κ3) is 1.70. The van der Waals surface area contributed by atoms with Crippen molar-refractivity contribution in [1.82, 2.24) is 0 Å². The molecular weight excluding hydrogens is 152 g/mol. The number of aliphatic hydroxyl groups is 1. The van der Waals surface area contributed by atoms with Gasteiger partial charge in [0.15, 0.2) is 0 Å². The Kier molecular flexibility index (Phi) is 2.91. The molecule has 2 nitrogen and oxygen atoms in total. The van der Waals surface area contributed by atoms with Crippen molar-refractivity contribution < 1.29 is 9.84 Å². The molecule has 0 saturated heterocycles. The Morgan fingerprint density at radius 1 is 1.67 bits per heavy atom. The first-order valence-electron chi connectivity index (χ1n) is 4.48. The van der Waals surface area contributed by atoms with Crippen molar-refractivity contribution in [1.29, 1.82) is 0 Å². The van der Waals surface area contributed by atoms with E-state index < -0.39 is 0 Å². The van der Waals surface area contributed by atoms with Crippen molar-refractivity contribution in [2.24, 2.45) is 0 Å². The maximum Gasteiger partial charge on any atom is 0.0939 e. The standard InChI is InChI=1S/C10H18O2/c1-8(2)7-9(11)10(12-3)5-4-6-10/h9,11H,1,4-7H2,2-3H3. The van der Waals surface area contributed by atoms with E-state index in [1.165, 1.54) is 6.42 Å². The molecule has 1 fully saturated rings. The number of aliphatic hydroxyl groups excluding tert-OH is 1. The summed E-state index contributed by atoms with van der Waals surface area (Å²) in [4.78, 5) is 0. The van der Waals surface area contributed by atoms with Crippen LogP contribution in [-0.4, -0.2) is 23.9 Å². The van der Waals surface area contributed by atoms with Gasteiger partial charge in [-0.15, -0.1) is 6.58 Å². The van der Waals surface area contributed by atoms with Crippen LogP contribution in [0, 0.1) is 0 Å². The van der Waals surface area contributed by atoms with Gasteiger partial charge in [-0.3, -0.25) is 0 Å². The lowest BCUT2D eigenvalue weighted by atomic mass is 9.74. The predicted octanol–water partition coefficient (Wildman–Crippen LogP) is 1.88. The summed E-state index contributed by atoms with van der Waals surface area (Å²) in [5.74, 6) is 0. The first kappa shape index (κ1) is 9.75. The molecule has 12 heavy (non-hydrogen) atoms. The molecule has 0 amide bonds. The highest BCUT2D eigenvalue weighted by molar-refractivity contribution is 5.02. The molecule has 1 aliphatic carbocycles. The van der Waals surface area contributed by atoms with E-state index in [9.17, 15) is 5.11 Å². The summed E-state index contributed by atoms with van der Waals surface area (Å²) in [6, 6.07) is 0. The molecule has 0 heterocycles. The predicted molar refractivity (Wildman–Crippen MR) is 49.0 cm³/mol. The van der Waals surface area contributed by atoms with Gasteiger partial charge < -0.3 is 9.84 Å². The minimum atomic E-state index is -0.367. The maximum atomic E-state index is 9.80. The average Bonchev–Trinajstić information content (AvgIpc) is 1.83. The van der Waals surface area contributed by atoms with Crippen LogP contribution in [0.15, 0.2) is 12.2 Å². The van der Waals surface area contributed by atoms with Crippen molar-refractivity contribution >= 4 is 0 Å². The Hall–Kier alpha value is -0.340. The van der Waals surface area contributed by atoms with E-state index in [4.69, 9.17) is 4.74 Å². The molecule has 70 valence electrons. The molecule has 1 N–H and O–H groups in total. The summed E-state index contributed by atoms with van der Waals surface area (Å²) in [5, 5.41) is 9.80. The van der Waals surface area contributed by atoms with E-state index in [0.29, 0.717) is 6.42 Å². The van der Waals surface area contributed by atoms with Crippen LogP contribution >= 0.6 is 0 Å². The lowest BCUT2D eigenvalue weighted by Crippen LogP contribution is -2.49. The van der Waals surface area contributed by atoms with Gasteiger partial charge in [0.25, 0.3) is 0 Å². The van der Waals surface area contributed by atoms with Gasteiger partial charge in [0.05, 0.1) is 11.7 Å². The van der Waals surface area contributed by atoms with Gasteiger partial charge >= 0.3 is 0 Å². The molecule has 1 atom stereocenters. The molecule has 0 aromatic carbocycles. The van der Waals surface area contributed by atoms with Gasteiger partial charge in [0.2, 0.25) is 0 Å². The van der Waals surface area contributed by atoms with Gasteiger partial charge in [-0.2, -0.15) is 0 Å². The normalized spacial score (nSPS) is 22.9. The molecule has 1 saturated carbocycles. The van der Waals surface area contributed by atoms with E-state index in [1.54, 1.807) is 7.11 Å². The van der Waals surface area contributed by atoms with Crippen LogP contribution in [0.2, 0.25) is 0 Å². The van der Waals surface area contributed by atoms with E-state index in [1.807, 2.05) is 6.92 Å². The molecule has 1 rings (SSSR count). The summed E-state index contributed by atoms with van der Waals surface area (Å²) in [6.45, 7) is 5.72. The third-order valence-electron chi connectivity index (χ3n) is 2.76. The zero-order valence-corrected chi connectivity index (χ0v) is 7.97. The minimum absolute atomic E-state index is 0.251. The Balaban J connectivity index is 2.48. The highest BCUT2D eigenvalue weighted by Gasteiger charge is 2.43. The molecule has 1 aliphatic rings. The number of methoxy groups -OCH3 is 1. The van der Waals surface area contributed by atoms with Crippen molar-refractivity contribution in [2.75, 3.05) is 7.11 Å². The topological polar surface area (TPSA) is 29.5 Å². The Labute approximate surface area is 74.2 Å². The summed E-state index contributed by atoms with van der Waals surface area (Å²) in [7, 11) is 1.68. The minimum Gasteiger partial charge on any atom is -0.390 e. The van der Waals surface area contributed by atoms with E-state index in [2.05, 4.69) is 6.58 Å². The second kappa shape index (κ2) is 3.58. The second-order valence-corrected chi connectivity index (χ2v) is 3.80. The van der Waals surface area contributed by atoms with Crippen molar-refractivity contribution in [3.05, 3.63) is 12.2 Å². The molecule has 0 radical (unpaired) electrons. The second-order valence-electron chi connectivity index (χ2n) is 3.80. The fraction of sp³-hybridized carbons (Fsp3) is 0.800. The quantitative estimate of drug-likeness (QED) is 0.653. The smallest absolute Gasteiger partial charge is 0.0939 e. The highest BCUT2D eigenvalue weighted by atomic mass is 16.5. The summed E-state index contributed by atoms with van der Waals surface area (Å²) < 4.78 is 5.35. The molecule has 0 aromatic heterocycles. The number of rotatable bonds is 4. The van der Waals surface area contributed by atoms with Gasteiger partial charge in [-0.25, -0.2) is 0 Å². The molecule has 1 unspecified atom stereocenters. The molecule has 2 heteroatoms. The number of ether oxygens (including phenoxy) is 1. The first-order chi connectivity index (χ1) is 5.60. The number of hydrogen-bond acceptors (Lipinski definition) is 2. The SMILES string of the molecule is C=C(C)CC(O)C1(OC)CCC1.